The first-order valence-electron chi connectivity index (χ1n) is 17.6. The Labute approximate surface area is 301 Å². The van der Waals surface area contributed by atoms with Gasteiger partial charge in [-0.2, -0.15) is 5.26 Å². The molecule has 0 spiro atoms. The van der Waals surface area contributed by atoms with Crippen molar-refractivity contribution in [3.8, 4) is 50.8 Å². The van der Waals surface area contributed by atoms with Gasteiger partial charge in [0.2, 0.25) is 0 Å². The molecule has 0 atom stereocenters. The summed E-state index contributed by atoms with van der Waals surface area (Å²) in [5.41, 5.74) is 14.5. The van der Waals surface area contributed by atoms with Crippen molar-refractivity contribution in [1.29, 1.82) is 5.26 Å². The van der Waals surface area contributed by atoms with Gasteiger partial charge in [0.25, 0.3) is 0 Å². The summed E-state index contributed by atoms with van der Waals surface area (Å²) >= 11 is 0. The van der Waals surface area contributed by atoms with Crippen LogP contribution in [-0.2, 0) is 0 Å². The topological polar surface area (TPSA) is 33.6 Å². The Morgan fingerprint density at radius 3 is 1.15 bits per heavy atom. The molecule has 0 unspecified atom stereocenters. The number of hydrogen-bond donors (Lipinski definition) is 0. The molecule has 0 aliphatic carbocycles. The molecule has 0 radical (unpaired) electrons. The normalized spacial score (nSPS) is 11.4. The van der Waals surface area contributed by atoms with Crippen molar-refractivity contribution in [3.05, 3.63) is 194 Å². The number of benzene rings is 8. The number of nitrogens with zero attached hydrogens (tertiary/aromatic N) is 3. The third-order valence-corrected chi connectivity index (χ3v) is 10.4. The minimum atomic E-state index is 0.646. The van der Waals surface area contributed by atoms with Crippen LogP contribution in [0.5, 0.6) is 0 Å². The molecule has 0 N–H and O–H groups in total. The average Bonchev–Trinajstić information content (AvgIpc) is 3.75. The van der Waals surface area contributed by atoms with Crippen LogP contribution in [0.3, 0.4) is 0 Å². The molecule has 0 aliphatic heterocycles. The summed E-state index contributed by atoms with van der Waals surface area (Å²) in [6.45, 7) is 0. The summed E-state index contributed by atoms with van der Waals surface area (Å²) in [6.07, 6.45) is 0. The lowest BCUT2D eigenvalue weighted by atomic mass is 9.88. The Bertz CT molecular complexity index is 3010. The van der Waals surface area contributed by atoms with Crippen LogP contribution in [-0.4, -0.2) is 9.13 Å². The smallest absolute Gasteiger partial charge is 0.0991 e. The van der Waals surface area contributed by atoms with Crippen LogP contribution in [0, 0.1) is 11.3 Å². The lowest BCUT2D eigenvalue weighted by Gasteiger charge is -2.18. The van der Waals surface area contributed by atoms with E-state index < -0.39 is 0 Å². The number of nitriles is 1. The molecule has 52 heavy (non-hydrogen) atoms. The van der Waals surface area contributed by atoms with Crippen LogP contribution in [0.4, 0.5) is 0 Å². The standard InChI is InChI=1S/C49H31N3/c50-32-33-28-30-35(31-29-33)52-47-27-11-9-21-41(47)45-25-13-23-43(49(45)52)39-19-7-5-17-37(39)36-16-4-6-18-38(36)42-22-12-24-44-40-20-8-10-26-46(40)51(48(42)44)34-14-2-1-3-15-34/h1-31H. The van der Waals surface area contributed by atoms with Gasteiger partial charge in [0.05, 0.1) is 33.7 Å². The van der Waals surface area contributed by atoms with Gasteiger partial charge < -0.3 is 9.13 Å². The molecule has 0 fully saturated rings. The maximum Gasteiger partial charge on any atom is 0.0991 e. The summed E-state index contributed by atoms with van der Waals surface area (Å²) in [5.74, 6) is 0. The number of rotatable bonds is 5. The van der Waals surface area contributed by atoms with E-state index in [-0.39, 0.29) is 0 Å². The number of para-hydroxylation sites is 5. The van der Waals surface area contributed by atoms with Gasteiger partial charge in [-0.25, -0.2) is 0 Å². The lowest BCUT2D eigenvalue weighted by molar-refractivity contribution is 1.18. The zero-order chi connectivity index (χ0) is 34.6. The van der Waals surface area contributed by atoms with Gasteiger partial charge in [-0.1, -0.05) is 140 Å². The summed E-state index contributed by atoms with van der Waals surface area (Å²) in [6, 6.07) is 69.2. The van der Waals surface area contributed by atoms with E-state index in [1.165, 1.54) is 54.8 Å². The fourth-order valence-corrected chi connectivity index (χ4v) is 8.18. The van der Waals surface area contributed by atoms with Crippen molar-refractivity contribution in [1.82, 2.24) is 9.13 Å². The van der Waals surface area contributed by atoms with E-state index in [1.54, 1.807) is 0 Å². The summed E-state index contributed by atoms with van der Waals surface area (Å²) in [4.78, 5) is 0. The van der Waals surface area contributed by atoms with Crippen molar-refractivity contribution >= 4 is 43.6 Å². The molecule has 0 amide bonds. The SMILES string of the molecule is N#Cc1ccc(-n2c3ccccc3c3cccc(-c4ccccc4-c4ccccc4-c4cccc5c6ccccc6n(-c6ccccc6)c45)c32)cc1. The summed E-state index contributed by atoms with van der Waals surface area (Å²) in [7, 11) is 0. The zero-order valence-corrected chi connectivity index (χ0v) is 28.2. The quantitative estimate of drug-likeness (QED) is 0.181. The maximum atomic E-state index is 9.55. The second kappa shape index (κ2) is 12.0. The van der Waals surface area contributed by atoms with Gasteiger partial charge in [0.15, 0.2) is 0 Å². The molecule has 0 saturated carbocycles. The van der Waals surface area contributed by atoms with Crippen LogP contribution >= 0.6 is 0 Å². The second-order valence-corrected chi connectivity index (χ2v) is 13.2. The average molecular weight is 662 g/mol. The van der Waals surface area contributed by atoms with Gasteiger partial charge in [0.1, 0.15) is 0 Å². The Morgan fingerprint density at radius 1 is 0.308 bits per heavy atom. The van der Waals surface area contributed by atoms with Gasteiger partial charge in [-0.3, -0.25) is 0 Å². The van der Waals surface area contributed by atoms with E-state index in [1.807, 2.05) is 12.1 Å². The molecule has 2 aromatic heterocycles. The molecule has 242 valence electrons. The molecule has 8 aromatic carbocycles. The van der Waals surface area contributed by atoms with Crippen molar-refractivity contribution in [2.45, 2.75) is 0 Å². The van der Waals surface area contributed by atoms with E-state index >= 15 is 0 Å². The van der Waals surface area contributed by atoms with Crippen LogP contribution in [0.2, 0.25) is 0 Å². The molecule has 0 aliphatic rings. The maximum absolute atomic E-state index is 9.55. The fourth-order valence-electron chi connectivity index (χ4n) is 8.18. The van der Waals surface area contributed by atoms with Crippen LogP contribution in [0.25, 0.3) is 88.4 Å². The largest absolute Gasteiger partial charge is 0.309 e. The van der Waals surface area contributed by atoms with Crippen molar-refractivity contribution in [2.75, 3.05) is 0 Å². The number of fused-ring (bicyclic) bond motifs is 6. The Morgan fingerprint density at radius 2 is 0.673 bits per heavy atom. The molecule has 0 bridgehead atoms. The molecule has 10 aromatic rings. The summed E-state index contributed by atoms with van der Waals surface area (Å²) < 4.78 is 4.77. The predicted molar refractivity (Wildman–Crippen MR) is 216 cm³/mol. The number of hydrogen-bond acceptors (Lipinski definition) is 1. The van der Waals surface area contributed by atoms with Crippen LogP contribution in [0.1, 0.15) is 5.56 Å². The highest BCUT2D eigenvalue weighted by molar-refractivity contribution is 6.16. The predicted octanol–water partition coefficient (Wildman–Crippen LogP) is 12.8. The minimum absolute atomic E-state index is 0.646. The Kier molecular flexibility index (Phi) is 6.87. The second-order valence-electron chi connectivity index (χ2n) is 13.2. The first-order valence-corrected chi connectivity index (χ1v) is 17.6. The molecule has 3 heteroatoms. The van der Waals surface area contributed by atoms with E-state index in [0.717, 1.165) is 33.5 Å². The highest BCUT2D eigenvalue weighted by atomic mass is 15.0. The van der Waals surface area contributed by atoms with Crippen molar-refractivity contribution in [3.63, 3.8) is 0 Å². The Balaban J connectivity index is 1.25. The van der Waals surface area contributed by atoms with Crippen LogP contribution < -0.4 is 0 Å². The van der Waals surface area contributed by atoms with Gasteiger partial charge in [-0.15, -0.1) is 0 Å². The van der Waals surface area contributed by atoms with Gasteiger partial charge in [0, 0.05) is 44.0 Å². The highest BCUT2D eigenvalue weighted by Crippen LogP contribution is 2.45. The summed E-state index contributed by atoms with van der Waals surface area (Å²) in [5, 5.41) is 14.4. The van der Waals surface area contributed by atoms with E-state index in [9.17, 15) is 5.26 Å². The van der Waals surface area contributed by atoms with E-state index in [2.05, 4.69) is 191 Å². The molecule has 0 saturated heterocycles. The third-order valence-electron chi connectivity index (χ3n) is 10.4. The monoisotopic (exact) mass is 661 g/mol. The zero-order valence-electron chi connectivity index (χ0n) is 28.2. The first-order chi connectivity index (χ1) is 25.8. The molecular weight excluding hydrogens is 631 g/mol. The minimum Gasteiger partial charge on any atom is -0.309 e. The van der Waals surface area contributed by atoms with E-state index in [0.29, 0.717) is 5.56 Å². The Hall–Kier alpha value is -7.15. The molecule has 3 nitrogen and oxygen atoms in total. The highest BCUT2D eigenvalue weighted by Gasteiger charge is 2.21. The third kappa shape index (κ3) is 4.52. The fraction of sp³-hybridized carbons (Fsp3) is 0. The van der Waals surface area contributed by atoms with Crippen LogP contribution in [0.15, 0.2) is 188 Å². The van der Waals surface area contributed by atoms with Crippen molar-refractivity contribution in [2.24, 2.45) is 0 Å². The lowest BCUT2D eigenvalue weighted by Crippen LogP contribution is -1.97. The van der Waals surface area contributed by atoms with E-state index in [4.69, 9.17) is 0 Å². The molecule has 10 rings (SSSR count). The van der Waals surface area contributed by atoms with Gasteiger partial charge >= 0.3 is 0 Å². The molecular formula is C49H31N3. The number of aromatic nitrogens is 2. The first kappa shape index (κ1) is 29.7. The van der Waals surface area contributed by atoms with Gasteiger partial charge in [-0.05, 0) is 70.8 Å². The van der Waals surface area contributed by atoms with Crippen molar-refractivity contribution < 1.29 is 0 Å². The molecule has 2 heterocycles.